The van der Waals surface area contributed by atoms with Crippen LogP contribution in [-0.2, 0) is 0 Å². The Labute approximate surface area is 96.1 Å². The Morgan fingerprint density at radius 2 is 1.93 bits per heavy atom. The molecule has 1 heterocycles. The van der Waals surface area contributed by atoms with Crippen molar-refractivity contribution in [1.29, 1.82) is 0 Å². The van der Waals surface area contributed by atoms with Gasteiger partial charge >= 0.3 is 0 Å². The average molecular weight is 225 g/mol. The second-order valence-corrected chi connectivity index (χ2v) is 4.98. The van der Waals surface area contributed by atoms with E-state index in [0.29, 0.717) is 12.0 Å². The number of aryl methyl sites for hydroxylation is 1. The van der Waals surface area contributed by atoms with E-state index >= 15 is 0 Å². The molecule has 1 aromatic heterocycles. The van der Waals surface area contributed by atoms with Gasteiger partial charge in [-0.05, 0) is 25.5 Å². The predicted molar refractivity (Wildman–Crippen MR) is 65.2 cm³/mol. The van der Waals surface area contributed by atoms with Gasteiger partial charge in [0.15, 0.2) is 5.16 Å². The largest absolute Gasteiger partial charge is 0.316 e. The summed E-state index contributed by atoms with van der Waals surface area (Å²) < 4.78 is 0. The first-order chi connectivity index (χ1) is 7.13. The lowest BCUT2D eigenvalue weighted by Crippen LogP contribution is -2.32. The van der Waals surface area contributed by atoms with E-state index in [-0.39, 0.29) is 0 Å². The molecular weight excluding hydrogens is 206 g/mol. The Bertz CT molecular complexity index is 284. The smallest absolute Gasteiger partial charge is 0.187 e. The van der Waals surface area contributed by atoms with E-state index in [0.717, 1.165) is 16.5 Å². The lowest BCUT2D eigenvalue weighted by molar-refractivity contribution is 0.465. The van der Waals surface area contributed by atoms with Crippen molar-refractivity contribution in [3.63, 3.8) is 0 Å². The Morgan fingerprint density at radius 1 is 1.33 bits per heavy atom. The van der Waals surface area contributed by atoms with Gasteiger partial charge in [0.1, 0.15) is 0 Å². The molecule has 0 bridgehead atoms. The summed E-state index contributed by atoms with van der Waals surface area (Å²) in [5.74, 6) is 1.64. The number of thioether (sulfide) groups is 1. The van der Waals surface area contributed by atoms with Gasteiger partial charge in [0.25, 0.3) is 0 Å². The molecule has 0 fully saturated rings. The van der Waals surface area contributed by atoms with Gasteiger partial charge in [0.05, 0.1) is 0 Å². The van der Waals surface area contributed by atoms with Crippen LogP contribution in [0.15, 0.2) is 17.6 Å². The number of nitrogens with zero attached hydrogens (tertiary/aromatic N) is 2. The SMILES string of the molecule is CNC(CSc1ncc(C)cn1)C(C)C. The third-order valence-electron chi connectivity index (χ3n) is 2.32. The maximum atomic E-state index is 4.27. The van der Waals surface area contributed by atoms with Crippen LogP contribution in [0.2, 0.25) is 0 Å². The van der Waals surface area contributed by atoms with E-state index < -0.39 is 0 Å². The first kappa shape index (κ1) is 12.5. The molecule has 1 aromatic rings. The lowest BCUT2D eigenvalue weighted by atomic mass is 10.1. The van der Waals surface area contributed by atoms with Crippen molar-refractivity contribution in [2.45, 2.75) is 32.0 Å². The normalized spacial score (nSPS) is 13.1. The molecule has 0 aromatic carbocycles. The maximum absolute atomic E-state index is 4.27. The molecule has 0 spiro atoms. The van der Waals surface area contributed by atoms with Crippen molar-refractivity contribution in [1.82, 2.24) is 15.3 Å². The van der Waals surface area contributed by atoms with Crippen molar-refractivity contribution < 1.29 is 0 Å². The molecule has 84 valence electrons. The fraction of sp³-hybridized carbons (Fsp3) is 0.636. The fourth-order valence-electron chi connectivity index (χ4n) is 1.23. The molecule has 0 saturated carbocycles. The van der Waals surface area contributed by atoms with Gasteiger partial charge < -0.3 is 5.32 Å². The van der Waals surface area contributed by atoms with Crippen LogP contribution in [0, 0.1) is 12.8 Å². The van der Waals surface area contributed by atoms with Gasteiger partial charge in [0.2, 0.25) is 0 Å². The van der Waals surface area contributed by atoms with Gasteiger partial charge in [-0.15, -0.1) is 0 Å². The molecule has 0 radical (unpaired) electrons. The second kappa shape index (κ2) is 6.08. The highest BCUT2D eigenvalue weighted by molar-refractivity contribution is 7.99. The highest BCUT2D eigenvalue weighted by atomic mass is 32.2. The molecule has 1 atom stereocenters. The highest BCUT2D eigenvalue weighted by Crippen LogP contribution is 2.16. The van der Waals surface area contributed by atoms with Crippen LogP contribution in [0.4, 0.5) is 0 Å². The minimum Gasteiger partial charge on any atom is -0.316 e. The molecule has 1 N–H and O–H groups in total. The second-order valence-electron chi connectivity index (χ2n) is 3.99. The standard InChI is InChI=1S/C11H19N3S/c1-8(2)10(12-4)7-15-11-13-5-9(3)6-14-11/h5-6,8,10,12H,7H2,1-4H3. The van der Waals surface area contributed by atoms with E-state index in [4.69, 9.17) is 0 Å². The van der Waals surface area contributed by atoms with E-state index in [9.17, 15) is 0 Å². The van der Waals surface area contributed by atoms with Gasteiger partial charge in [-0.2, -0.15) is 0 Å². The number of nitrogens with one attached hydrogen (secondary N) is 1. The summed E-state index contributed by atoms with van der Waals surface area (Å²) in [6.07, 6.45) is 3.72. The molecular formula is C11H19N3S. The molecule has 4 heteroatoms. The first-order valence-electron chi connectivity index (χ1n) is 5.22. The Balaban J connectivity index is 2.45. The summed E-state index contributed by atoms with van der Waals surface area (Å²) in [5, 5.41) is 4.17. The third kappa shape index (κ3) is 4.18. The molecule has 3 nitrogen and oxygen atoms in total. The van der Waals surface area contributed by atoms with Crippen LogP contribution in [0.25, 0.3) is 0 Å². The average Bonchev–Trinajstić information content (AvgIpc) is 2.21. The number of hydrogen-bond donors (Lipinski definition) is 1. The van der Waals surface area contributed by atoms with Crippen molar-refractivity contribution in [2.75, 3.05) is 12.8 Å². The van der Waals surface area contributed by atoms with Crippen LogP contribution in [0.5, 0.6) is 0 Å². The topological polar surface area (TPSA) is 37.8 Å². The van der Waals surface area contributed by atoms with E-state index in [1.54, 1.807) is 11.8 Å². The molecule has 15 heavy (non-hydrogen) atoms. The summed E-state index contributed by atoms with van der Waals surface area (Å²) in [4.78, 5) is 8.54. The van der Waals surface area contributed by atoms with Gasteiger partial charge in [-0.1, -0.05) is 25.6 Å². The number of hydrogen-bond acceptors (Lipinski definition) is 4. The number of rotatable bonds is 5. The maximum Gasteiger partial charge on any atom is 0.187 e. The summed E-state index contributed by atoms with van der Waals surface area (Å²) >= 11 is 1.71. The van der Waals surface area contributed by atoms with E-state index in [1.807, 2.05) is 26.4 Å². The molecule has 0 aliphatic carbocycles. The van der Waals surface area contributed by atoms with Crippen molar-refractivity contribution in [3.05, 3.63) is 18.0 Å². The zero-order valence-electron chi connectivity index (χ0n) is 9.82. The van der Waals surface area contributed by atoms with E-state index in [1.165, 1.54) is 0 Å². The molecule has 0 saturated heterocycles. The molecule has 0 amide bonds. The quantitative estimate of drug-likeness (QED) is 0.615. The Kier molecular flexibility index (Phi) is 5.05. The lowest BCUT2D eigenvalue weighted by Gasteiger charge is -2.18. The van der Waals surface area contributed by atoms with Crippen LogP contribution in [0.3, 0.4) is 0 Å². The minimum absolute atomic E-state index is 0.514. The van der Waals surface area contributed by atoms with Crippen LogP contribution >= 0.6 is 11.8 Å². The Hall–Kier alpha value is -0.610. The molecule has 0 aliphatic rings. The third-order valence-corrected chi connectivity index (χ3v) is 3.32. The summed E-state index contributed by atoms with van der Waals surface area (Å²) in [7, 11) is 2.00. The zero-order chi connectivity index (χ0) is 11.3. The summed E-state index contributed by atoms with van der Waals surface area (Å²) in [6.45, 7) is 6.44. The van der Waals surface area contributed by atoms with Gasteiger partial charge in [-0.25, -0.2) is 9.97 Å². The van der Waals surface area contributed by atoms with Gasteiger partial charge in [-0.3, -0.25) is 0 Å². The molecule has 1 rings (SSSR count). The monoisotopic (exact) mass is 225 g/mol. The predicted octanol–water partition coefficient (Wildman–Crippen LogP) is 2.12. The summed E-state index contributed by atoms with van der Waals surface area (Å²) in [5.41, 5.74) is 1.10. The van der Waals surface area contributed by atoms with Crippen LogP contribution in [0.1, 0.15) is 19.4 Å². The zero-order valence-corrected chi connectivity index (χ0v) is 10.6. The number of aromatic nitrogens is 2. The van der Waals surface area contributed by atoms with E-state index in [2.05, 4.69) is 29.1 Å². The van der Waals surface area contributed by atoms with Crippen LogP contribution < -0.4 is 5.32 Å². The molecule has 0 aliphatic heterocycles. The highest BCUT2D eigenvalue weighted by Gasteiger charge is 2.11. The molecule has 1 unspecified atom stereocenters. The minimum atomic E-state index is 0.514. The van der Waals surface area contributed by atoms with Crippen molar-refractivity contribution in [2.24, 2.45) is 5.92 Å². The summed E-state index contributed by atoms with van der Waals surface area (Å²) in [6, 6.07) is 0.514. The van der Waals surface area contributed by atoms with Gasteiger partial charge in [0, 0.05) is 24.2 Å². The Morgan fingerprint density at radius 3 is 2.40 bits per heavy atom. The first-order valence-corrected chi connectivity index (χ1v) is 6.20. The van der Waals surface area contributed by atoms with Crippen molar-refractivity contribution >= 4 is 11.8 Å². The van der Waals surface area contributed by atoms with Crippen molar-refractivity contribution in [3.8, 4) is 0 Å². The fourth-order valence-corrected chi connectivity index (χ4v) is 2.36. The van der Waals surface area contributed by atoms with Crippen LogP contribution in [-0.4, -0.2) is 28.8 Å².